The summed E-state index contributed by atoms with van der Waals surface area (Å²) in [6.45, 7) is 1.86. The summed E-state index contributed by atoms with van der Waals surface area (Å²) in [4.78, 5) is 39.9. The number of carbonyl (C=O) groups is 3. The molecule has 4 aromatic carbocycles. The number of para-hydroxylation sites is 1. The number of anilines is 2. The van der Waals surface area contributed by atoms with Crippen LogP contribution in [-0.2, 0) is 9.59 Å². The molecule has 5 rings (SSSR count). The largest absolute Gasteiger partial charge is 0.496 e. The summed E-state index contributed by atoms with van der Waals surface area (Å²) in [6, 6.07) is 32.2. The van der Waals surface area contributed by atoms with Crippen molar-refractivity contribution in [3.63, 3.8) is 0 Å². The lowest BCUT2D eigenvalue weighted by atomic mass is 10.1. The van der Waals surface area contributed by atoms with E-state index in [1.165, 1.54) is 17.8 Å². The van der Waals surface area contributed by atoms with Gasteiger partial charge in [-0.25, -0.2) is 0 Å². The van der Waals surface area contributed by atoms with Crippen molar-refractivity contribution in [3.05, 3.63) is 137 Å². The van der Waals surface area contributed by atoms with Crippen molar-refractivity contribution < 1.29 is 23.5 Å². The third-order valence-corrected chi connectivity index (χ3v) is 8.49. The standard InChI is InChI=1S/C37H32ClN3O5S/c1-24-30(38)12-8-13-31(24)40-35(42)21-22-47-28-18-15-26(16-19-28)39-37(44)32(41-36(43)25-9-4-3-5-10-25)23-27-17-20-34(46-27)29-11-6-7-14-33(29)45-2/h3-20,23H,21-22H2,1-2H3,(H,39,44)(H,40,42)(H,41,43)/b32-23-. The molecule has 0 fully saturated rings. The number of carbonyl (C=O) groups excluding carboxylic acids is 3. The maximum absolute atomic E-state index is 13.5. The molecule has 0 aliphatic rings. The molecule has 0 bridgehead atoms. The van der Waals surface area contributed by atoms with Crippen LogP contribution in [0.4, 0.5) is 11.4 Å². The second kappa shape index (κ2) is 15.8. The normalized spacial score (nSPS) is 11.1. The Bertz CT molecular complexity index is 1910. The van der Waals surface area contributed by atoms with Gasteiger partial charge in [0.1, 0.15) is 23.0 Å². The zero-order valence-electron chi connectivity index (χ0n) is 25.7. The van der Waals surface area contributed by atoms with E-state index in [1.807, 2.05) is 49.4 Å². The predicted octanol–water partition coefficient (Wildman–Crippen LogP) is 8.45. The molecule has 1 heterocycles. The molecule has 0 unspecified atom stereocenters. The molecule has 0 aliphatic heterocycles. The van der Waals surface area contributed by atoms with Crippen LogP contribution in [0.5, 0.6) is 5.75 Å². The highest BCUT2D eigenvalue weighted by molar-refractivity contribution is 7.99. The van der Waals surface area contributed by atoms with Gasteiger partial charge in [0.2, 0.25) is 5.91 Å². The first kappa shape index (κ1) is 33.1. The lowest BCUT2D eigenvalue weighted by Gasteiger charge is -2.12. The van der Waals surface area contributed by atoms with Gasteiger partial charge >= 0.3 is 0 Å². The van der Waals surface area contributed by atoms with E-state index in [-0.39, 0.29) is 11.6 Å². The highest BCUT2D eigenvalue weighted by Gasteiger charge is 2.17. The van der Waals surface area contributed by atoms with E-state index in [2.05, 4.69) is 16.0 Å². The van der Waals surface area contributed by atoms with Gasteiger partial charge in [0.25, 0.3) is 11.8 Å². The quantitative estimate of drug-likeness (QED) is 0.0911. The Morgan fingerprint density at radius 3 is 2.36 bits per heavy atom. The van der Waals surface area contributed by atoms with Crippen LogP contribution in [0.15, 0.2) is 124 Å². The maximum atomic E-state index is 13.5. The number of thioether (sulfide) groups is 1. The Hall–Kier alpha value is -5.25. The fraction of sp³-hybridized carbons (Fsp3) is 0.108. The van der Waals surface area contributed by atoms with Gasteiger partial charge < -0.3 is 25.1 Å². The topological polar surface area (TPSA) is 110 Å². The number of benzene rings is 4. The van der Waals surface area contributed by atoms with Crippen LogP contribution in [0.2, 0.25) is 5.02 Å². The highest BCUT2D eigenvalue weighted by Crippen LogP contribution is 2.31. The molecule has 5 aromatic rings. The van der Waals surface area contributed by atoms with Crippen LogP contribution in [0, 0.1) is 6.92 Å². The molecule has 10 heteroatoms. The van der Waals surface area contributed by atoms with E-state index in [4.69, 9.17) is 20.8 Å². The van der Waals surface area contributed by atoms with E-state index in [1.54, 1.807) is 73.8 Å². The minimum atomic E-state index is -0.530. The van der Waals surface area contributed by atoms with Crippen LogP contribution in [0.3, 0.4) is 0 Å². The Morgan fingerprint density at radius 2 is 1.60 bits per heavy atom. The van der Waals surface area contributed by atoms with Gasteiger partial charge in [-0.3, -0.25) is 14.4 Å². The number of halogens is 1. The van der Waals surface area contributed by atoms with Crippen LogP contribution >= 0.6 is 23.4 Å². The first-order valence-electron chi connectivity index (χ1n) is 14.7. The minimum Gasteiger partial charge on any atom is -0.496 e. The lowest BCUT2D eigenvalue weighted by molar-refractivity contribution is -0.116. The number of hydrogen-bond acceptors (Lipinski definition) is 6. The molecule has 0 aliphatic carbocycles. The summed E-state index contributed by atoms with van der Waals surface area (Å²) >= 11 is 7.67. The van der Waals surface area contributed by atoms with Crippen molar-refractivity contribution in [2.75, 3.05) is 23.5 Å². The fourth-order valence-corrected chi connectivity index (χ4v) is 5.58. The molecule has 0 radical (unpaired) electrons. The average Bonchev–Trinajstić information content (AvgIpc) is 3.56. The Labute approximate surface area is 282 Å². The first-order valence-corrected chi connectivity index (χ1v) is 16.1. The van der Waals surface area contributed by atoms with Crippen molar-refractivity contribution in [2.24, 2.45) is 0 Å². The molecule has 3 amide bonds. The zero-order valence-corrected chi connectivity index (χ0v) is 27.3. The van der Waals surface area contributed by atoms with E-state index < -0.39 is 11.8 Å². The molecule has 0 atom stereocenters. The number of amides is 3. The third kappa shape index (κ3) is 8.94. The van der Waals surface area contributed by atoms with Crippen molar-refractivity contribution >= 4 is 58.5 Å². The fourth-order valence-electron chi connectivity index (χ4n) is 4.56. The van der Waals surface area contributed by atoms with Crippen molar-refractivity contribution in [1.29, 1.82) is 0 Å². The number of furan rings is 1. The summed E-state index contributed by atoms with van der Waals surface area (Å²) in [5.41, 5.74) is 3.21. The SMILES string of the molecule is COc1ccccc1-c1ccc(/C=C(\NC(=O)c2ccccc2)C(=O)Nc2ccc(SCCC(=O)Nc3cccc(Cl)c3C)cc2)o1. The van der Waals surface area contributed by atoms with Gasteiger partial charge in [-0.15, -0.1) is 11.8 Å². The predicted molar refractivity (Wildman–Crippen MR) is 188 cm³/mol. The molecule has 1 aromatic heterocycles. The van der Waals surface area contributed by atoms with Crippen LogP contribution in [0.25, 0.3) is 17.4 Å². The van der Waals surface area contributed by atoms with E-state index in [0.717, 1.165) is 16.0 Å². The summed E-state index contributed by atoms with van der Waals surface area (Å²) in [5.74, 6) is 1.05. The Morgan fingerprint density at radius 1 is 0.851 bits per heavy atom. The van der Waals surface area contributed by atoms with Gasteiger partial charge in [0.15, 0.2) is 0 Å². The smallest absolute Gasteiger partial charge is 0.272 e. The van der Waals surface area contributed by atoms with Gasteiger partial charge in [-0.1, -0.05) is 48.0 Å². The van der Waals surface area contributed by atoms with Crippen molar-refractivity contribution in [2.45, 2.75) is 18.2 Å². The summed E-state index contributed by atoms with van der Waals surface area (Å²) < 4.78 is 11.5. The molecule has 238 valence electrons. The number of ether oxygens (including phenoxy) is 1. The van der Waals surface area contributed by atoms with Crippen molar-refractivity contribution in [1.82, 2.24) is 5.32 Å². The Balaban J connectivity index is 1.25. The summed E-state index contributed by atoms with van der Waals surface area (Å²) in [5, 5.41) is 9.07. The number of hydrogen-bond donors (Lipinski definition) is 3. The number of methoxy groups -OCH3 is 1. The molecule has 0 spiro atoms. The second-order valence-electron chi connectivity index (χ2n) is 10.3. The van der Waals surface area contributed by atoms with Gasteiger partial charge in [0.05, 0.1) is 12.7 Å². The molecule has 0 saturated heterocycles. The monoisotopic (exact) mass is 665 g/mol. The number of nitrogens with one attached hydrogen (secondary N) is 3. The second-order valence-corrected chi connectivity index (χ2v) is 11.9. The van der Waals surface area contributed by atoms with Crippen LogP contribution in [-0.4, -0.2) is 30.6 Å². The summed E-state index contributed by atoms with van der Waals surface area (Å²) in [7, 11) is 1.58. The zero-order chi connectivity index (χ0) is 33.2. The first-order chi connectivity index (χ1) is 22.8. The average molecular weight is 666 g/mol. The van der Waals surface area contributed by atoms with Crippen LogP contribution in [0.1, 0.15) is 28.1 Å². The molecule has 3 N–H and O–H groups in total. The summed E-state index contributed by atoms with van der Waals surface area (Å²) in [6.07, 6.45) is 1.80. The van der Waals surface area contributed by atoms with Gasteiger partial charge in [-0.05, 0) is 85.3 Å². The van der Waals surface area contributed by atoms with E-state index in [0.29, 0.717) is 51.4 Å². The Kier molecular flexibility index (Phi) is 11.2. The van der Waals surface area contributed by atoms with Crippen LogP contribution < -0.4 is 20.7 Å². The molecular weight excluding hydrogens is 634 g/mol. The molecular formula is C37H32ClN3O5S. The van der Waals surface area contributed by atoms with E-state index >= 15 is 0 Å². The maximum Gasteiger partial charge on any atom is 0.272 e. The van der Waals surface area contributed by atoms with Gasteiger partial charge in [0, 0.05) is 45.1 Å². The highest BCUT2D eigenvalue weighted by atomic mass is 35.5. The third-order valence-electron chi connectivity index (χ3n) is 7.07. The molecule has 47 heavy (non-hydrogen) atoms. The molecule has 8 nitrogen and oxygen atoms in total. The number of rotatable bonds is 12. The van der Waals surface area contributed by atoms with E-state index in [9.17, 15) is 14.4 Å². The van der Waals surface area contributed by atoms with Crippen molar-refractivity contribution in [3.8, 4) is 17.1 Å². The minimum absolute atomic E-state index is 0.000756. The van der Waals surface area contributed by atoms with Gasteiger partial charge in [-0.2, -0.15) is 0 Å². The lowest BCUT2D eigenvalue weighted by Crippen LogP contribution is -2.30. The molecule has 0 saturated carbocycles.